The zero-order valence-electron chi connectivity index (χ0n) is 12.2. The van der Waals surface area contributed by atoms with Crippen LogP contribution in [0.25, 0.3) is 0 Å². The largest absolute Gasteiger partial charge is 0.338 e. The number of halogens is 1. The molecule has 6 heteroatoms. The molecule has 0 aliphatic carbocycles. The minimum Gasteiger partial charge on any atom is -0.338 e. The summed E-state index contributed by atoms with van der Waals surface area (Å²) in [6.45, 7) is 4.90. The minimum absolute atomic E-state index is 0.0926. The number of nitrogens with zero attached hydrogens (tertiary/aromatic N) is 2. The van der Waals surface area contributed by atoms with Gasteiger partial charge in [0.2, 0.25) is 0 Å². The fourth-order valence-corrected chi connectivity index (χ4v) is 3.05. The third-order valence-electron chi connectivity index (χ3n) is 4.14. The molecular formula is C15H19ClN2O3. The van der Waals surface area contributed by atoms with Crippen molar-refractivity contribution < 1.29 is 9.72 Å². The van der Waals surface area contributed by atoms with Crippen molar-refractivity contribution >= 4 is 23.2 Å². The summed E-state index contributed by atoms with van der Waals surface area (Å²) in [5.74, 6) is 0.156. The van der Waals surface area contributed by atoms with Crippen molar-refractivity contribution in [3.8, 4) is 0 Å². The normalized spacial score (nSPS) is 17.6. The standard InChI is InChI=1S/C15H19ClN2O3/c1-10-4-3-5-13(18(20)21)14(10)15(19)17-8-6-12(7-9-17)11(2)16/h3-5,11-12H,6-9H2,1-2H3. The number of hydrogen-bond acceptors (Lipinski definition) is 3. The van der Waals surface area contributed by atoms with E-state index in [1.807, 2.05) is 6.92 Å². The van der Waals surface area contributed by atoms with Gasteiger partial charge in [0.15, 0.2) is 0 Å². The molecule has 0 aromatic heterocycles. The predicted molar refractivity (Wildman–Crippen MR) is 81.8 cm³/mol. The molecule has 0 saturated carbocycles. The van der Waals surface area contributed by atoms with Gasteiger partial charge in [0.05, 0.1) is 4.92 Å². The Morgan fingerprint density at radius 1 is 1.43 bits per heavy atom. The summed E-state index contributed by atoms with van der Waals surface area (Å²) in [5, 5.41) is 11.2. The van der Waals surface area contributed by atoms with E-state index in [0.717, 1.165) is 12.8 Å². The Morgan fingerprint density at radius 2 is 2.05 bits per heavy atom. The van der Waals surface area contributed by atoms with Gasteiger partial charge in [-0.1, -0.05) is 12.1 Å². The van der Waals surface area contributed by atoms with Crippen molar-refractivity contribution in [1.82, 2.24) is 4.90 Å². The van der Waals surface area contributed by atoms with Crippen LogP contribution in [-0.4, -0.2) is 34.2 Å². The van der Waals surface area contributed by atoms with Crippen LogP contribution in [0, 0.1) is 23.0 Å². The van der Waals surface area contributed by atoms with Crippen molar-refractivity contribution in [2.75, 3.05) is 13.1 Å². The average Bonchev–Trinajstić information content (AvgIpc) is 2.46. The third-order valence-corrected chi connectivity index (χ3v) is 4.49. The Labute approximate surface area is 129 Å². The van der Waals surface area contributed by atoms with Gasteiger partial charge in [-0.15, -0.1) is 11.6 Å². The van der Waals surface area contributed by atoms with Crippen LogP contribution in [0.2, 0.25) is 0 Å². The van der Waals surface area contributed by atoms with E-state index in [1.165, 1.54) is 6.07 Å². The van der Waals surface area contributed by atoms with Crippen molar-refractivity contribution in [2.45, 2.75) is 32.1 Å². The second-order valence-corrected chi connectivity index (χ2v) is 6.22. The molecule has 1 aromatic carbocycles. The SMILES string of the molecule is Cc1cccc([N+](=O)[O-])c1C(=O)N1CCC(C(C)Cl)CC1. The number of carbonyl (C=O) groups is 1. The number of amides is 1. The van der Waals surface area contributed by atoms with Crippen LogP contribution in [0.15, 0.2) is 18.2 Å². The van der Waals surface area contributed by atoms with Gasteiger partial charge < -0.3 is 4.90 Å². The van der Waals surface area contributed by atoms with Gasteiger partial charge in [0.25, 0.3) is 11.6 Å². The van der Waals surface area contributed by atoms with Crippen molar-refractivity contribution in [2.24, 2.45) is 5.92 Å². The molecule has 1 aliphatic heterocycles. The monoisotopic (exact) mass is 310 g/mol. The quantitative estimate of drug-likeness (QED) is 0.488. The van der Waals surface area contributed by atoms with E-state index >= 15 is 0 Å². The van der Waals surface area contributed by atoms with Crippen molar-refractivity contribution in [3.05, 3.63) is 39.4 Å². The van der Waals surface area contributed by atoms with Crippen LogP contribution in [0.1, 0.15) is 35.7 Å². The van der Waals surface area contributed by atoms with Gasteiger partial charge in [-0.2, -0.15) is 0 Å². The number of alkyl halides is 1. The molecule has 0 spiro atoms. The zero-order chi connectivity index (χ0) is 15.6. The Bertz CT molecular complexity index is 552. The second-order valence-electron chi connectivity index (χ2n) is 5.53. The number of likely N-dealkylation sites (tertiary alicyclic amines) is 1. The van der Waals surface area contributed by atoms with Crippen molar-refractivity contribution in [1.29, 1.82) is 0 Å². The smallest absolute Gasteiger partial charge is 0.282 e. The number of nitro groups is 1. The summed E-state index contributed by atoms with van der Waals surface area (Å²) >= 11 is 6.10. The molecule has 0 N–H and O–H groups in total. The number of rotatable bonds is 3. The summed E-state index contributed by atoms with van der Waals surface area (Å²) in [7, 11) is 0. The number of carbonyl (C=O) groups excluding carboxylic acids is 1. The van der Waals surface area contributed by atoms with Crippen LogP contribution in [-0.2, 0) is 0 Å². The zero-order valence-corrected chi connectivity index (χ0v) is 13.0. The number of piperidine rings is 1. The Hall–Kier alpha value is -1.62. The lowest BCUT2D eigenvalue weighted by Crippen LogP contribution is -2.40. The number of hydrogen-bond donors (Lipinski definition) is 0. The molecule has 1 aromatic rings. The minimum atomic E-state index is -0.492. The molecule has 2 rings (SSSR count). The Morgan fingerprint density at radius 3 is 2.57 bits per heavy atom. The summed E-state index contributed by atoms with van der Waals surface area (Å²) < 4.78 is 0. The van der Waals surface area contributed by atoms with Gasteiger partial charge in [0, 0.05) is 24.5 Å². The molecule has 1 unspecified atom stereocenters. The second kappa shape index (κ2) is 6.43. The molecule has 1 atom stereocenters. The first-order valence-corrected chi connectivity index (χ1v) is 7.52. The van der Waals surface area contributed by atoms with E-state index in [-0.39, 0.29) is 22.5 Å². The van der Waals surface area contributed by atoms with Gasteiger partial charge in [-0.3, -0.25) is 14.9 Å². The predicted octanol–water partition coefficient (Wildman–Crippen LogP) is 3.38. The molecule has 1 fully saturated rings. The fourth-order valence-electron chi connectivity index (χ4n) is 2.80. The van der Waals surface area contributed by atoms with E-state index in [1.54, 1.807) is 24.0 Å². The van der Waals surface area contributed by atoms with E-state index in [9.17, 15) is 14.9 Å². The average molecular weight is 311 g/mol. The summed E-state index contributed by atoms with van der Waals surface area (Å²) in [6, 6.07) is 4.72. The highest BCUT2D eigenvalue weighted by atomic mass is 35.5. The first-order valence-electron chi connectivity index (χ1n) is 7.09. The molecule has 114 valence electrons. The van der Waals surface area contributed by atoms with Crippen LogP contribution < -0.4 is 0 Å². The van der Waals surface area contributed by atoms with E-state index in [2.05, 4.69) is 0 Å². The van der Waals surface area contributed by atoms with E-state index in [4.69, 9.17) is 11.6 Å². The molecule has 0 bridgehead atoms. The summed E-state index contributed by atoms with van der Waals surface area (Å²) in [6.07, 6.45) is 1.69. The highest BCUT2D eigenvalue weighted by Crippen LogP contribution is 2.28. The van der Waals surface area contributed by atoms with Crippen LogP contribution >= 0.6 is 11.6 Å². The first kappa shape index (κ1) is 15.8. The molecular weight excluding hydrogens is 292 g/mol. The molecule has 1 saturated heterocycles. The van der Waals surface area contributed by atoms with Crippen LogP contribution in [0.5, 0.6) is 0 Å². The molecule has 1 amide bonds. The van der Waals surface area contributed by atoms with Gasteiger partial charge >= 0.3 is 0 Å². The molecule has 21 heavy (non-hydrogen) atoms. The lowest BCUT2D eigenvalue weighted by atomic mass is 9.93. The maximum Gasteiger partial charge on any atom is 0.282 e. The maximum absolute atomic E-state index is 12.6. The molecule has 0 radical (unpaired) electrons. The number of nitro benzene ring substituents is 1. The number of benzene rings is 1. The number of aryl methyl sites for hydroxylation is 1. The third kappa shape index (κ3) is 3.35. The lowest BCUT2D eigenvalue weighted by Gasteiger charge is -2.33. The van der Waals surface area contributed by atoms with E-state index < -0.39 is 4.92 Å². The highest BCUT2D eigenvalue weighted by molar-refractivity contribution is 6.20. The Kier molecular flexibility index (Phi) is 4.83. The first-order chi connectivity index (χ1) is 9.91. The van der Waals surface area contributed by atoms with Gasteiger partial charge in [-0.05, 0) is 38.2 Å². The summed E-state index contributed by atoms with van der Waals surface area (Å²) in [4.78, 5) is 24.9. The maximum atomic E-state index is 12.6. The van der Waals surface area contributed by atoms with Crippen LogP contribution in [0.3, 0.4) is 0 Å². The fraction of sp³-hybridized carbons (Fsp3) is 0.533. The summed E-state index contributed by atoms with van der Waals surface area (Å²) in [5.41, 5.74) is 0.731. The van der Waals surface area contributed by atoms with Gasteiger partial charge in [0.1, 0.15) is 5.56 Å². The topological polar surface area (TPSA) is 63.5 Å². The Balaban J connectivity index is 2.20. The van der Waals surface area contributed by atoms with Crippen LogP contribution in [0.4, 0.5) is 5.69 Å². The van der Waals surface area contributed by atoms with Crippen molar-refractivity contribution in [3.63, 3.8) is 0 Å². The molecule has 5 nitrogen and oxygen atoms in total. The van der Waals surface area contributed by atoms with Gasteiger partial charge in [-0.25, -0.2) is 0 Å². The lowest BCUT2D eigenvalue weighted by molar-refractivity contribution is -0.385. The van der Waals surface area contributed by atoms with E-state index in [0.29, 0.717) is 24.6 Å². The highest BCUT2D eigenvalue weighted by Gasteiger charge is 2.30. The molecule has 1 heterocycles. The molecule has 1 aliphatic rings.